The molecule has 29 heavy (non-hydrogen) atoms. The second-order valence-electron chi connectivity index (χ2n) is 7.69. The van der Waals surface area contributed by atoms with Crippen molar-refractivity contribution >= 4 is 27.6 Å². The number of carboxylic acid groups (broad SMARTS) is 1. The lowest BCUT2D eigenvalue weighted by Crippen LogP contribution is -2.23. The van der Waals surface area contributed by atoms with Crippen LogP contribution in [0.15, 0.2) is 60.7 Å². The number of hydrogen-bond donors (Lipinski definition) is 1. The summed E-state index contributed by atoms with van der Waals surface area (Å²) >= 11 is 0. The number of benzene rings is 3. The van der Waals surface area contributed by atoms with Gasteiger partial charge in [0.25, 0.3) is 0 Å². The fourth-order valence-corrected chi connectivity index (χ4v) is 4.85. The van der Waals surface area contributed by atoms with Crippen LogP contribution in [-0.4, -0.2) is 22.8 Å². The zero-order valence-corrected chi connectivity index (χ0v) is 16.4. The summed E-state index contributed by atoms with van der Waals surface area (Å²) in [6, 6.07) is 19.2. The Hall–Kier alpha value is -3.27. The van der Waals surface area contributed by atoms with Gasteiger partial charge in [-0.15, -0.1) is 0 Å². The van der Waals surface area contributed by atoms with E-state index in [0.29, 0.717) is 0 Å². The zero-order valence-electron chi connectivity index (χ0n) is 16.4. The van der Waals surface area contributed by atoms with Crippen LogP contribution < -0.4 is 4.74 Å². The Morgan fingerprint density at radius 3 is 2.62 bits per heavy atom. The smallest absolute Gasteiger partial charge is 0.331 e. The molecule has 0 saturated carbocycles. The third-order valence-corrected chi connectivity index (χ3v) is 6.13. The summed E-state index contributed by atoms with van der Waals surface area (Å²) in [5.41, 5.74) is 4.23. The van der Waals surface area contributed by atoms with E-state index < -0.39 is 12.0 Å². The quantitative estimate of drug-likeness (QED) is 0.515. The highest BCUT2D eigenvalue weighted by molar-refractivity contribution is 5.94. The van der Waals surface area contributed by atoms with Gasteiger partial charge in [-0.25, -0.2) is 4.79 Å². The topological polar surface area (TPSA) is 51.5 Å². The monoisotopic (exact) mass is 385 g/mol. The Labute approximate surface area is 169 Å². The molecule has 1 N–H and O–H groups in total. The van der Waals surface area contributed by atoms with E-state index in [1.54, 1.807) is 7.11 Å². The predicted molar refractivity (Wildman–Crippen MR) is 115 cm³/mol. The van der Waals surface area contributed by atoms with Crippen LogP contribution in [0.25, 0.3) is 21.7 Å². The molecule has 1 aromatic heterocycles. The standard InChI is InChI=1S/C25H23NO3/c1-29-17-13-14-23-21(15-17)19-10-4-5-12-22(19)26(23)24(25(27)28)20-11-6-8-16-7-2-3-9-18(16)20/h2-3,6-9,11,13-15,24H,4-5,10,12H2,1H3,(H,27,28). The lowest BCUT2D eigenvalue weighted by Gasteiger charge is -2.23. The normalized spacial score (nSPS) is 14.7. The number of methoxy groups -OCH3 is 1. The number of fused-ring (bicyclic) bond motifs is 4. The van der Waals surface area contributed by atoms with Gasteiger partial charge in [0.1, 0.15) is 5.75 Å². The van der Waals surface area contributed by atoms with Crippen LogP contribution in [0.4, 0.5) is 0 Å². The highest BCUT2D eigenvalue weighted by Gasteiger charge is 2.30. The lowest BCUT2D eigenvalue weighted by molar-refractivity contribution is -0.139. The molecule has 1 aliphatic carbocycles. The summed E-state index contributed by atoms with van der Waals surface area (Å²) in [7, 11) is 1.67. The minimum atomic E-state index is -0.831. The second-order valence-corrected chi connectivity index (χ2v) is 7.69. The minimum absolute atomic E-state index is 0.765. The molecule has 0 amide bonds. The molecule has 1 unspecified atom stereocenters. The van der Waals surface area contributed by atoms with Crippen molar-refractivity contribution in [3.63, 3.8) is 0 Å². The third-order valence-electron chi connectivity index (χ3n) is 6.13. The number of aromatic nitrogens is 1. The Bertz CT molecular complexity index is 1230. The zero-order chi connectivity index (χ0) is 20.0. The van der Waals surface area contributed by atoms with Crippen molar-refractivity contribution in [1.29, 1.82) is 0 Å². The summed E-state index contributed by atoms with van der Waals surface area (Å²) in [6.45, 7) is 0. The van der Waals surface area contributed by atoms with E-state index in [1.807, 2.05) is 54.6 Å². The van der Waals surface area contributed by atoms with E-state index in [1.165, 1.54) is 5.56 Å². The van der Waals surface area contributed by atoms with Gasteiger partial charge < -0.3 is 14.4 Å². The Balaban J connectivity index is 1.83. The molecule has 4 nitrogen and oxygen atoms in total. The van der Waals surface area contributed by atoms with Crippen molar-refractivity contribution in [2.24, 2.45) is 0 Å². The number of rotatable bonds is 4. The van der Waals surface area contributed by atoms with Gasteiger partial charge in [0.05, 0.1) is 7.11 Å². The van der Waals surface area contributed by atoms with Gasteiger partial charge in [-0.3, -0.25) is 0 Å². The number of hydrogen-bond acceptors (Lipinski definition) is 2. The lowest BCUT2D eigenvalue weighted by atomic mass is 9.94. The SMILES string of the molecule is COc1ccc2c(c1)c1c(n2C(C(=O)O)c2cccc3ccccc23)CCCC1. The van der Waals surface area contributed by atoms with Crippen molar-refractivity contribution in [1.82, 2.24) is 4.57 Å². The number of nitrogens with zero attached hydrogens (tertiary/aromatic N) is 1. The highest BCUT2D eigenvalue weighted by atomic mass is 16.5. The van der Waals surface area contributed by atoms with Gasteiger partial charge in [-0.05, 0) is 65.8 Å². The summed E-state index contributed by atoms with van der Waals surface area (Å²) in [4.78, 5) is 12.6. The molecular weight excluding hydrogens is 362 g/mol. The molecule has 146 valence electrons. The third kappa shape index (κ3) is 2.79. The van der Waals surface area contributed by atoms with E-state index >= 15 is 0 Å². The first-order chi connectivity index (χ1) is 14.2. The van der Waals surface area contributed by atoms with Crippen molar-refractivity contribution < 1.29 is 14.6 Å². The van der Waals surface area contributed by atoms with E-state index in [0.717, 1.165) is 64.4 Å². The van der Waals surface area contributed by atoms with Crippen LogP contribution in [0, 0.1) is 0 Å². The van der Waals surface area contributed by atoms with E-state index in [2.05, 4.69) is 10.6 Å². The van der Waals surface area contributed by atoms with Gasteiger partial charge >= 0.3 is 5.97 Å². The van der Waals surface area contributed by atoms with E-state index in [9.17, 15) is 9.90 Å². The van der Waals surface area contributed by atoms with Crippen molar-refractivity contribution in [3.05, 3.63) is 77.5 Å². The largest absolute Gasteiger partial charge is 0.497 e. The molecule has 0 saturated heterocycles. The van der Waals surface area contributed by atoms with Crippen LogP contribution in [-0.2, 0) is 17.6 Å². The maximum Gasteiger partial charge on any atom is 0.331 e. The highest BCUT2D eigenvalue weighted by Crippen LogP contribution is 2.39. The molecule has 5 rings (SSSR count). The number of ether oxygens (including phenoxy) is 1. The summed E-state index contributed by atoms with van der Waals surface area (Å²) in [5, 5.41) is 13.5. The fourth-order valence-electron chi connectivity index (χ4n) is 4.85. The molecule has 4 aromatic rings. The molecule has 3 aromatic carbocycles. The molecule has 1 aliphatic rings. The maximum atomic E-state index is 12.6. The van der Waals surface area contributed by atoms with Crippen LogP contribution in [0.2, 0.25) is 0 Å². The summed E-state index contributed by atoms with van der Waals surface area (Å²) in [5.74, 6) is -0.0255. The first-order valence-corrected chi connectivity index (χ1v) is 10.1. The van der Waals surface area contributed by atoms with Crippen LogP contribution in [0.3, 0.4) is 0 Å². The second kappa shape index (κ2) is 6.96. The van der Waals surface area contributed by atoms with Gasteiger partial charge in [0, 0.05) is 16.6 Å². The number of aryl methyl sites for hydroxylation is 1. The first-order valence-electron chi connectivity index (χ1n) is 10.1. The molecular formula is C25H23NO3. The molecule has 1 atom stereocenters. The van der Waals surface area contributed by atoms with E-state index in [-0.39, 0.29) is 0 Å². The van der Waals surface area contributed by atoms with E-state index in [4.69, 9.17) is 4.74 Å². The van der Waals surface area contributed by atoms with Crippen LogP contribution >= 0.6 is 0 Å². The Morgan fingerprint density at radius 1 is 1.00 bits per heavy atom. The van der Waals surface area contributed by atoms with Gasteiger partial charge in [-0.1, -0.05) is 42.5 Å². The number of carboxylic acids is 1. The number of aliphatic carboxylic acids is 1. The van der Waals surface area contributed by atoms with Gasteiger partial charge in [-0.2, -0.15) is 0 Å². The molecule has 0 radical (unpaired) electrons. The molecule has 0 aliphatic heterocycles. The number of carbonyl (C=O) groups is 1. The van der Waals surface area contributed by atoms with Gasteiger partial charge in [0.15, 0.2) is 6.04 Å². The molecule has 0 fully saturated rings. The Kier molecular flexibility index (Phi) is 4.27. The van der Waals surface area contributed by atoms with Crippen LogP contribution in [0.5, 0.6) is 5.75 Å². The molecule has 1 heterocycles. The molecule has 0 bridgehead atoms. The van der Waals surface area contributed by atoms with Crippen molar-refractivity contribution in [2.75, 3.05) is 7.11 Å². The molecule has 0 spiro atoms. The predicted octanol–water partition coefficient (Wildman–Crippen LogP) is 5.36. The fraction of sp³-hybridized carbons (Fsp3) is 0.240. The van der Waals surface area contributed by atoms with Gasteiger partial charge in [0.2, 0.25) is 0 Å². The maximum absolute atomic E-state index is 12.6. The average Bonchev–Trinajstić information content (AvgIpc) is 3.07. The minimum Gasteiger partial charge on any atom is -0.497 e. The Morgan fingerprint density at radius 2 is 1.79 bits per heavy atom. The summed E-state index contributed by atoms with van der Waals surface area (Å²) < 4.78 is 7.51. The van der Waals surface area contributed by atoms with Crippen LogP contribution in [0.1, 0.15) is 35.7 Å². The van der Waals surface area contributed by atoms with Crippen molar-refractivity contribution in [2.45, 2.75) is 31.7 Å². The average molecular weight is 385 g/mol. The first kappa shape index (κ1) is 17.8. The summed E-state index contributed by atoms with van der Waals surface area (Å²) in [6.07, 6.45) is 4.10. The molecule has 4 heteroatoms. The van der Waals surface area contributed by atoms with Crippen molar-refractivity contribution in [3.8, 4) is 5.75 Å².